The number of rotatable bonds is 6. The van der Waals surface area contributed by atoms with Crippen LogP contribution in [0.1, 0.15) is 21.8 Å². The number of hydrogen-bond donors (Lipinski definition) is 0. The number of benzene rings is 2. The minimum absolute atomic E-state index is 0.140. The van der Waals surface area contributed by atoms with Crippen molar-refractivity contribution in [2.75, 3.05) is 14.2 Å². The van der Waals surface area contributed by atoms with Crippen molar-refractivity contribution in [3.63, 3.8) is 0 Å². The third kappa shape index (κ3) is 4.08. The second-order valence-corrected chi connectivity index (χ2v) is 5.71. The predicted octanol–water partition coefficient (Wildman–Crippen LogP) is 4.16. The summed E-state index contributed by atoms with van der Waals surface area (Å²) in [4.78, 5) is 16.4. The van der Waals surface area contributed by atoms with E-state index in [0.29, 0.717) is 28.4 Å². The minimum atomic E-state index is -0.562. The average Bonchev–Trinajstić information content (AvgIpc) is 3.16. The Morgan fingerprint density at radius 1 is 1.11 bits per heavy atom. The molecule has 0 aliphatic rings. The lowest BCUT2D eigenvalue weighted by molar-refractivity contribution is 0.0438. The minimum Gasteiger partial charge on any atom is -0.496 e. The third-order valence-electron chi connectivity index (χ3n) is 4.00. The van der Waals surface area contributed by atoms with E-state index < -0.39 is 5.97 Å². The monoisotopic (exact) mass is 371 g/mol. The molecule has 0 bridgehead atoms. The first-order valence-electron chi connectivity index (χ1n) is 8.12. The van der Waals surface area contributed by atoms with E-state index in [1.54, 1.807) is 24.3 Å². The van der Waals surface area contributed by atoms with Crippen LogP contribution >= 0.6 is 0 Å². The highest BCUT2D eigenvalue weighted by atomic mass is 19.1. The second kappa shape index (κ2) is 7.90. The molecule has 3 aromatic rings. The second-order valence-electron chi connectivity index (χ2n) is 5.71. The number of hydrogen-bond acceptors (Lipinski definition) is 6. The SMILES string of the molecule is COc1cc(C(=O)OCc2ncc(-c3ccc(F)cc3)o2)cc(OC)c1C. The molecule has 1 aromatic heterocycles. The van der Waals surface area contributed by atoms with Gasteiger partial charge in [-0.2, -0.15) is 0 Å². The number of esters is 1. The molecule has 1 heterocycles. The van der Waals surface area contributed by atoms with E-state index in [-0.39, 0.29) is 18.3 Å². The molecule has 0 N–H and O–H groups in total. The van der Waals surface area contributed by atoms with Crippen LogP contribution in [0.5, 0.6) is 11.5 Å². The molecule has 0 atom stereocenters. The maximum absolute atomic E-state index is 13.0. The maximum atomic E-state index is 13.0. The molecule has 0 saturated carbocycles. The van der Waals surface area contributed by atoms with Crippen molar-refractivity contribution in [3.8, 4) is 22.8 Å². The number of aromatic nitrogens is 1. The summed E-state index contributed by atoms with van der Waals surface area (Å²) in [6.45, 7) is 1.69. The van der Waals surface area contributed by atoms with Crippen LogP contribution in [0.25, 0.3) is 11.3 Å². The van der Waals surface area contributed by atoms with Crippen LogP contribution in [0.4, 0.5) is 4.39 Å². The number of oxazole rings is 1. The largest absolute Gasteiger partial charge is 0.496 e. The van der Waals surface area contributed by atoms with Crippen LogP contribution in [0.15, 0.2) is 47.0 Å². The van der Waals surface area contributed by atoms with Gasteiger partial charge in [-0.15, -0.1) is 0 Å². The Morgan fingerprint density at radius 3 is 2.33 bits per heavy atom. The third-order valence-corrected chi connectivity index (χ3v) is 4.00. The van der Waals surface area contributed by atoms with Crippen LogP contribution in [-0.4, -0.2) is 25.2 Å². The van der Waals surface area contributed by atoms with E-state index in [1.165, 1.54) is 32.5 Å². The Morgan fingerprint density at radius 2 is 1.74 bits per heavy atom. The van der Waals surface area contributed by atoms with Gasteiger partial charge in [0.05, 0.1) is 26.0 Å². The first-order valence-corrected chi connectivity index (χ1v) is 8.12. The number of halogens is 1. The van der Waals surface area contributed by atoms with Crippen molar-refractivity contribution < 1.29 is 27.8 Å². The standard InChI is InChI=1S/C20H18FNO5/c1-12-16(24-2)8-14(9-17(12)25-3)20(23)26-11-19-22-10-18(27-19)13-4-6-15(21)7-5-13/h4-10H,11H2,1-3H3. The number of carbonyl (C=O) groups is 1. The predicted molar refractivity (Wildman–Crippen MR) is 95.3 cm³/mol. The lowest BCUT2D eigenvalue weighted by Gasteiger charge is -2.12. The van der Waals surface area contributed by atoms with Crippen molar-refractivity contribution in [3.05, 3.63) is 65.4 Å². The van der Waals surface area contributed by atoms with Crippen LogP contribution in [0.2, 0.25) is 0 Å². The summed E-state index contributed by atoms with van der Waals surface area (Å²) < 4.78 is 34.3. The summed E-state index contributed by atoms with van der Waals surface area (Å²) in [5, 5.41) is 0. The fourth-order valence-corrected chi connectivity index (χ4v) is 2.54. The Kier molecular flexibility index (Phi) is 5.40. The molecule has 6 nitrogen and oxygen atoms in total. The van der Waals surface area contributed by atoms with E-state index in [0.717, 1.165) is 5.56 Å². The zero-order valence-corrected chi connectivity index (χ0v) is 15.1. The molecular weight excluding hydrogens is 353 g/mol. The fraction of sp³-hybridized carbons (Fsp3) is 0.200. The van der Waals surface area contributed by atoms with Gasteiger partial charge >= 0.3 is 5.97 Å². The van der Waals surface area contributed by atoms with Gasteiger partial charge in [0, 0.05) is 11.1 Å². The quantitative estimate of drug-likeness (QED) is 0.606. The Bertz CT molecular complexity index is 924. The Labute approximate surface area is 155 Å². The first-order chi connectivity index (χ1) is 13.0. The summed E-state index contributed by atoms with van der Waals surface area (Å²) >= 11 is 0. The van der Waals surface area contributed by atoms with Crippen molar-refractivity contribution in [2.24, 2.45) is 0 Å². The topological polar surface area (TPSA) is 70.8 Å². The molecule has 0 radical (unpaired) electrons. The fourth-order valence-electron chi connectivity index (χ4n) is 2.54. The molecule has 140 valence electrons. The number of ether oxygens (including phenoxy) is 3. The average molecular weight is 371 g/mol. The zero-order chi connectivity index (χ0) is 19.4. The number of nitrogens with zero attached hydrogens (tertiary/aromatic N) is 1. The number of carbonyl (C=O) groups excluding carboxylic acids is 1. The zero-order valence-electron chi connectivity index (χ0n) is 15.1. The maximum Gasteiger partial charge on any atom is 0.338 e. The first kappa shape index (κ1) is 18.4. The summed E-state index contributed by atoms with van der Waals surface area (Å²) in [6.07, 6.45) is 1.49. The van der Waals surface area contributed by atoms with Gasteiger partial charge < -0.3 is 18.6 Å². The van der Waals surface area contributed by atoms with Crippen LogP contribution < -0.4 is 9.47 Å². The molecule has 3 rings (SSSR count). The van der Waals surface area contributed by atoms with Gasteiger partial charge in [-0.3, -0.25) is 0 Å². The summed E-state index contributed by atoms with van der Waals surface area (Å²) in [5.74, 6) is 0.838. The number of methoxy groups -OCH3 is 2. The molecular formula is C20H18FNO5. The molecule has 2 aromatic carbocycles. The molecule has 0 saturated heterocycles. The van der Waals surface area contributed by atoms with E-state index >= 15 is 0 Å². The highest BCUT2D eigenvalue weighted by molar-refractivity contribution is 5.90. The summed E-state index contributed by atoms with van der Waals surface area (Å²) in [7, 11) is 3.03. The molecule has 0 fully saturated rings. The smallest absolute Gasteiger partial charge is 0.338 e. The van der Waals surface area contributed by atoms with Gasteiger partial charge in [-0.25, -0.2) is 14.2 Å². The van der Waals surface area contributed by atoms with E-state index in [2.05, 4.69) is 4.98 Å². The molecule has 27 heavy (non-hydrogen) atoms. The van der Waals surface area contributed by atoms with E-state index in [1.807, 2.05) is 6.92 Å². The van der Waals surface area contributed by atoms with E-state index in [4.69, 9.17) is 18.6 Å². The lowest BCUT2D eigenvalue weighted by atomic mass is 10.1. The molecule has 0 aliphatic carbocycles. The van der Waals surface area contributed by atoms with Gasteiger partial charge in [-0.1, -0.05) is 0 Å². The molecule has 0 amide bonds. The normalized spacial score (nSPS) is 10.5. The highest BCUT2D eigenvalue weighted by Crippen LogP contribution is 2.30. The highest BCUT2D eigenvalue weighted by Gasteiger charge is 2.16. The molecule has 0 aliphatic heterocycles. The summed E-state index contributed by atoms with van der Waals surface area (Å²) in [5.41, 5.74) is 1.75. The van der Waals surface area contributed by atoms with Gasteiger partial charge in [-0.05, 0) is 43.3 Å². The van der Waals surface area contributed by atoms with Gasteiger partial charge in [0.15, 0.2) is 12.4 Å². The van der Waals surface area contributed by atoms with Crippen LogP contribution in [0.3, 0.4) is 0 Å². The molecule has 0 spiro atoms. The van der Waals surface area contributed by atoms with Crippen molar-refractivity contribution in [2.45, 2.75) is 13.5 Å². The lowest BCUT2D eigenvalue weighted by Crippen LogP contribution is -2.07. The summed E-state index contributed by atoms with van der Waals surface area (Å²) in [6, 6.07) is 8.98. The van der Waals surface area contributed by atoms with Gasteiger partial charge in [0.25, 0.3) is 0 Å². The van der Waals surface area contributed by atoms with Crippen molar-refractivity contribution in [1.29, 1.82) is 0 Å². The van der Waals surface area contributed by atoms with Crippen molar-refractivity contribution in [1.82, 2.24) is 4.98 Å². The van der Waals surface area contributed by atoms with Crippen LogP contribution in [-0.2, 0) is 11.3 Å². The van der Waals surface area contributed by atoms with E-state index in [9.17, 15) is 9.18 Å². The van der Waals surface area contributed by atoms with Crippen LogP contribution in [0, 0.1) is 12.7 Å². The Balaban J connectivity index is 1.70. The van der Waals surface area contributed by atoms with Crippen molar-refractivity contribution >= 4 is 5.97 Å². The Hall–Kier alpha value is -3.35. The molecule has 7 heteroatoms. The molecule has 0 unspecified atom stereocenters. The van der Waals surface area contributed by atoms with Gasteiger partial charge in [0.1, 0.15) is 17.3 Å². The van der Waals surface area contributed by atoms with Gasteiger partial charge in [0.2, 0.25) is 5.89 Å².